The molecule has 2 aromatic carbocycles. The minimum Gasteiger partial charge on any atom is -0.457 e. The van der Waals surface area contributed by atoms with Crippen molar-refractivity contribution in [3.63, 3.8) is 0 Å². The Morgan fingerprint density at radius 2 is 1.61 bits per heavy atom. The molecule has 94 valence electrons. The van der Waals surface area contributed by atoms with Crippen molar-refractivity contribution in [3.8, 4) is 11.5 Å². The Morgan fingerprint density at radius 1 is 1.00 bits per heavy atom. The van der Waals surface area contributed by atoms with E-state index in [1.165, 1.54) is 17.7 Å². The van der Waals surface area contributed by atoms with Crippen molar-refractivity contribution in [2.45, 2.75) is 19.8 Å². The van der Waals surface area contributed by atoms with Crippen LogP contribution in [-0.2, 0) is 0 Å². The maximum absolute atomic E-state index is 12.8. The summed E-state index contributed by atoms with van der Waals surface area (Å²) in [6.45, 7) is 4.31. The topological polar surface area (TPSA) is 9.23 Å². The van der Waals surface area contributed by atoms with Gasteiger partial charge in [-0.2, -0.15) is 0 Å². The molecule has 18 heavy (non-hydrogen) atoms. The number of rotatable bonds is 3. The predicted octanol–water partition coefficient (Wildman–Crippen LogP) is 4.24. The van der Waals surface area contributed by atoms with E-state index in [1.54, 1.807) is 12.1 Å². The van der Waals surface area contributed by atoms with Gasteiger partial charge in [-0.15, -0.1) is 9.24 Å². The van der Waals surface area contributed by atoms with Gasteiger partial charge in [0.1, 0.15) is 17.3 Å². The first-order valence-electron chi connectivity index (χ1n) is 5.89. The zero-order valence-corrected chi connectivity index (χ0v) is 11.6. The third kappa shape index (κ3) is 3.08. The molecule has 0 fully saturated rings. The molecule has 0 bridgehead atoms. The van der Waals surface area contributed by atoms with Crippen molar-refractivity contribution in [3.05, 3.63) is 53.8 Å². The molecule has 0 aliphatic heterocycles. The lowest BCUT2D eigenvalue weighted by Crippen LogP contribution is -2.03. The zero-order valence-electron chi connectivity index (χ0n) is 10.5. The fourth-order valence-corrected chi connectivity index (χ4v) is 2.37. The lowest BCUT2D eigenvalue weighted by Gasteiger charge is -2.12. The van der Waals surface area contributed by atoms with Crippen LogP contribution < -0.4 is 10.0 Å². The first-order valence-corrected chi connectivity index (χ1v) is 6.47. The summed E-state index contributed by atoms with van der Waals surface area (Å²) >= 11 is 0. The molecule has 0 saturated carbocycles. The average molecular weight is 262 g/mol. The molecule has 1 atom stereocenters. The van der Waals surface area contributed by atoms with Crippen LogP contribution in [0.4, 0.5) is 4.39 Å². The van der Waals surface area contributed by atoms with E-state index in [2.05, 4.69) is 29.2 Å². The maximum Gasteiger partial charge on any atom is 0.128 e. The van der Waals surface area contributed by atoms with Crippen LogP contribution in [0.25, 0.3) is 0 Å². The molecule has 0 amide bonds. The smallest absolute Gasteiger partial charge is 0.128 e. The minimum atomic E-state index is -0.260. The molecular formula is C15H16FOP. The van der Waals surface area contributed by atoms with Gasteiger partial charge in [0.25, 0.3) is 0 Å². The molecule has 2 aromatic rings. The van der Waals surface area contributed by atoms with Crippen molar-refractivity contribution in [2.24, 2.45) is 0 Å². The Bertz CT molecular complexity index is 535. The van der Waals surface area contributed by atoms with Crippen molar-refractivity contribution in [1.29, 1.82) is 0 Å². The standard InChI is InChI=1S/C15H16FOP/c1-10(2)14-8-7-13(9-15(14)18)17-12-5-3-11(16)4-6-12/h3-10H,18H2,1-2H3. The van der Waals surface area contributed by atoms with E-state index in [4.69, 9.17) is 4.74 Å². The van der Waals surface area contributed by atoms with Gasteiger partial charge in [-0.1, -0.05) is 19.9 Å². The zero-order chi connectivity index (χ0) is 13.1. The summed E-state index contributed by atoms with van der Waals surface area (Å²) in [5, 5.41) is 1.13. The van der Waals surface area contributed by atoms with Crippen molar-refractivity contribution >= 4 is 14.5 Å². The molecule has 2 rings (SSSR count). The fourth-order valence-electron chi connectivity index (χ4n) is 1.78. The van der Waals surface area contributed by atoms with Gasteiger partial charge in [-0.05, 0) is 53.2 Å². The molecule has 0 radical (unpaired) electrons. The molecule has 0 aliphatic rings. The van der Waals surface area contributed by atoms with E-state index in [0.717, 1.165) is 11.1 Å². The monoisotopic (exact) mass is 262 g/mol. The van der Waals surface area contributed by atoms with Crippen LogP contribution in [0.3, 0.4) is 0 Å². The normalized spacial score (nSPS) is 10.7. The van der Waals surface area contributed by atoms with Gasteiger partial charge < -0.3 is 4.74 Å². The maximum atomic E-state index is 12.8. The quantitative estimate of drug-likeness (QED) is 0.752. The number of halogens is 1. The minimum absolute atomic E-state index is 0.260. The Balaban J connectivity index is 2.20. The van der Waals surface area contributed by atoms with E-state index in [1.807, 2.05) is 12.1 Å². The highest BCUT2D eigenvalue weighted by Crippen LogP contribution is 2.24. The van der Waals surface area contributed by atoms with Crippen LogP contribution >= 0.6 is 9.24 Å². The highest BCUT2D eigenvalue weighted by Gasteiger charge is 2.05. The summed E-state index contributed by atoms with van der Waals surface area (Å²) in [7, 11) is 2.72. The summed E-state index contributed by atoms with van der Waals surface area (Å²) in [4.78, 5) is 0. The van der Waals surface area contributed by atoms with Gasteiger partial charge in [-0.25, -0.2) is 4.39 Å². The first-order chi connectivity index (χ1) is 8.56. The summed E-state index contributed by atoms with van der Waals surface area (Å²) in [6, 6.07) is 12.0. The number of hydrogen-bond acceptors (Lipinski definition) is 1. The van der Waals surface area contributed by atoms with Gasteiger partial charge in [-0.3, -0.25) is 0 Å². The van der Waals surface area contributed by atoms with Crippen LogP contribution in [-0.4, -0.2) is 0 Å². The third-order valence-corrected chi connectivity index (χ3v) is 3.23. The Hall–Kier alpha value is -1.40. The SMILES string of the molecule is CC(C)c1ccc(Oc2ccc(F)cc2)cc1P. The second-order valence-electron chi connectivity index (χ2n) is 4.50. The predicted molar refractivity (Wildman–Crippen MR) is 76.3 cm³/mol. The molecule has 1 unspecified atom stereocenters. The van der Waals surface area contributed by atoms with Crippen molar-refractivity contribution in [1.82, 2.24) is 0 Å². The summed E-state index contributed by atoms with van der Waals surface area (Å²) in [5.74, 6) is 1.62. The van der Waals surface area contributed by atoms with Crippen molar-refractivity contribution < 1.29 is 9.13 Å². The van der Waals surface area contributed by atoms with Crippen LogP contribution in [0.2, 0.25) is 0 Å². The van der Waals surface area contributed by atoms with E-state index in [0.29, 0.717) is 11.7 Å². The largest absolute Gasteiger partial charge is 0.457 e. The Kier molecular flexibility index (Phi) is 3.98. The first kappa shape index (κ1) is 13.0. The lowest BCUT2D eigenvalue weighted by atomic mass is 10.0. The van der Waals surface area contributed by atoms with Crippen LogP contribution in [0, 0.1) is 5.82 Å². The fraction of sp³-hybridized carbons (Fsp3) is 0.200. The highest BCUT2D eigenvalue weighted by atomic mass is 31.0. The molecule has 0 aromatic heterocycles. The van der Waals surface area contributed by atoms with E-state index < -0.39 is 0 Å². The molecule has 0 saturated heterocycles. The number of benzene rings is 2. The van der Waals surface area contributed by atoms with E-state index in [9.17, 15) is 4.39 Å². The van der Waals surface area contributed by atoms with Crippen molar-refractivity contribution in [2.75, 3.05) is 0 Å². The van der Waals surface area contributed by atoms with E-state index in [-0.39, 0.29) is 5.82 Å². The van der Waals surface area contributed by atoms with Crippen LogP contribution in [0.5, 0.6) is 11.5 Å². The molecule has 3 heteroatoms. The van der Waals surface area contributed by atoms with Crippen LogP contribution in [0.15, 0.2) is 42.5 Å². The van der Waals surface area contributed by atoms with E-state index >= 15 is 0 Å². The summed E-state index contributed by atoms with van der Waals surface area (Å²) in [5.41, 5.74) is 1.28. The summed E-state index contributed by atoms with van der Waals surface area (Å²) in [6.07, 6.45) is 0. The number of hydrogen-bond donors (Lipinski definition) is 0. The molecule has 0 aliphatic carbocycles. The average Bonchev–Trinajstić information content (AvgIpc) is 2.32. The third-order valence-electron chi connectivity index (χ3n) is 2.73. The number of ether oxygens (including phenoxy) is 1. The van der Waals surface area contributed by atoms with Gasteiger partial charge in [0.2, 0.25) is 0 Å². The highest BCUT2D eigenvalue weighted by molar-refractivity contribution is 7.27. The lowest BCUT2D eigenvalue weighted by molar-refractivity contribution is 0.481. The molecule has 1 nitrogen and oxygen atoms in total. The Labute approximate surface area is 109 Å². The van der Waals surface area contributed by atoms with Gasteiger partial charge in [0, 0.05) is 0 Å². The molecule has 0 heterocycles. The second-order valence-corrected chi connectivity index (χ2v) is 5.12. The van der Waals surface area contributed by atoms with Crippen LogP contribution in [0.1, 0.15) is 25.3 Å². The second kappa shape index (κ2) is 5.49. The molecule has 0 N–H and O–H groups in total. The van der Waals surface area contributed by atoms with Gasteiger partial charge in [0.05, 0.1) is 0 Å². The Morgan fingerprint density at radius 3 is 2.17 bits per heavy atom. The van der Waals surface area contributed by atoms with Gasteiger partial charge >= 0.3 is 0 Å². The molecule has 0 spiro atoms. The molecular weight excluding hydrogens is 246 g/mol. The summed E-state index contributed by atoms with van der Waals surface area (Å²) < 4.78 is 18.4. The van der Waals surface area contributed by atoms with Gasteiger partial charge in [0.15, 0.2) is 0 Å².